The van der Waals surface area contributed by atoms with Gasteiger partial charge in [0.1, 0.15) is 13.2 Å². The normalized spacial score (nSPS) is 25.2. The lowest BCUT2D eigenvalue weighted by Gasteiger charge is -2.27. The standard InChI is InChI=1S/C16H21NO3/c17-10-11-1-3-12(4-2-11)16(18)13-5-6-14-15(9-13)20-8-7-19-14/h5-6,9,11-12H,1-4,7-8,10,17H2. The number of nitrogens with two attached hydrogens (primary N) is 1. The average Bonchev–Trinajstić information content (AvgIpc) is 2.54. The van der Waals surface area contributed by atoms with Crippen LogP contribution in [0, 0.1) is 11.8 Å². The minimum absolute atomic E-state index is 0.139. The van der Waals surface area contributed by atoms with Gasteiger partial charge in [0.05, 0.1) is 0 Å². The summed E-state index contributed by atoms with van der Waals surface area (Å²) in [5.41, 5.74) is 6.44. The van der Waals surface area contributed by atoms with E-state index in [1.165, 1.54) is 0 Å². The van der Waals surface area contributed by atoms with E-state index in [0.717, 1.165) is 43.5 Å². The summed E-state index contributed by atoms with van der Waals surface area (Å²) in [6.45, 7) is 1.86. The summed E-state index contributed by atoms with van der Waals surface area (Å²) in [5.74, 6) is 2.40. The van der Waals surface area contributed by atoms with Gasteiger partial charge < -0.3 is 15.2 Å². The Hall–Kier alpha value is -1.55. The Morgan fingerprint density at radius 1 is 1.10 bits per heavy atom. The van der Waals surface area contributed by atoms with Crippen molar-refractivity contribution in [1.82, 2.24) is 0 Å². The Morgan fingerprint density at radius 2 is 1.80 bits per heavy atom. The van der Waals surface area contributed by atoms with Crippen molar-refractivity contribution in [2.24, 2.45) is 17.6 Å². The molecule has 1 heterocycles. The highest BCUT2D eigenvalue weighted by atomic mass is 16.6. The van der Waals surface area contributed by atoms with Gasteiger partial charge in [-0.1, -0.05) is 0 Å². The van der Waals surface area contributed by atoms with Gasteiger partial charge in [-0.25, -0.2) is 0 Å². The monoisotopic (exact) mass is 275 g/mol. The lowest BCUT2D eigenvalue weighted by molar-refractivity contribution is 0.0872. The molecule has 0 amide bonds. The second-order valence-electron chi connectivity index (χ2n) is 5.68. The SMILES string of the molecule is NCC1CCC(C(=O)c2ccc3c(c2)OCCO3)CC1. The topological polar surface area (TPSA) is 61.6 Å². The van der Waals surface area contributed by atoms with Crippen LogP contribution in [0.5, 0.6) is 11.5 Å². The molecule has 1 aliphatic carbocycles. The molecule has 1 aliphatic heterocycles. The third kappa shape index (κ3) is 2.66. The van der Waals surface area contributed by atoms with Crippen LogP contribution in [-0.2, 0) is 0 Å². The number of ether oxygens (including phenoxy) is 2. The lowest BCUT2D eigenvalue weighted by atomic mass is 9.78. The molecular formula is C16H21NO3. The Labute approximate surface area is 119 Å². The number of carbonyl (C=O) groups excluding carboxylic acids is 1. The van der Waals surface area contributed by atoms with Gasteiger partial charge in [-0.3, -0.25) is 4.79 Å². The van der Waals surface area contributed by atoms with E-state index in [2.05, 4.69) is 0 Å². The summed E-state index contributed by atoms with van der Waals surface area (Å²) < 4.78 is 11.0. The number of fused-ring (bicyclic) bond motifs is 1. The highest BCUT2D eigenvalue weighted by Crippen LogP contribution is 2.34. The first-order valence-corrected chi connectivity index (χ1v) is 7.42. The smallest absolute Gasteiger partial charge is 0.166 e. The van der Waals surface area contributed by atoms with Crippen molar-refractivity contribution in [2.45, 2.75) is 25.7 Å². The van der Waals surface area contributed by atoms with Gasteiger partial charge in [-0.15, -0.1) is 0 Å². The molecule has 1 aromatic carbocycles. The van der Waals surface area contributed by atoms with Crippen LogP contribution in [-0.4, -0.2) is 25.5 Å². The third-order valence-electron chi connectivity index (χ3n) is 4.38. The molecule has 2 N–H and O–H groups in total. The van der Waals surface area contributed by atoms with Gasteiger partial charge in [-0.05, 0) is 56.3 Å². The highest BCUT2D eigenvalue weighted by molar-refractivity contribution is 5.98. The molecule has 0 atom stereocenters. The van der Waals surface area contributed by atoms with E-state index in [1.54, 1.807) is 0 Å². The molecule has 4 heteroatoms. The molecule has 20 heavy (non-hydrogen) atoms. The Bertz CT molecular complexity index is 492. The predicted octanol–water partition coefficient (Wildman–Crippen LogP) is 2.41. The number of ketones is 1. The number of hydrogen-bond acceptors (Lipinski definition) is 4. The summed E-state index contributed by atoms with van der Waals surface area (Å²) in [6.07, 6.45) is 4.04. The minimum atomic E-state index is 0.139. The van der Waals surface area contributed by atoms with E-state index in [-0.39, 0.29) is 11.7 Å². The van der Waals surface area contributed by atoms with Crippen molar-refractivity contribution in [1.29, 1.82) is 0 Å². The number of hydrogen-bond donors (Lipinski definition) is 1. The zero-order valence-electron chi connectivity index (χ0n) is 11.6. The highest BCUT2D eigenvalue weighted by Gasteiger charge is 2.27. The average molecular weight is 275 g/mol. The van der Waals surface area contributed by atoms with E-state index in [0.29, 0.717) is 24.9 Å². The summed E-state index contributed by atoms with van der Waals surface area (Å²) in [4.78, 5) is 12.6. The van der Waals surface area contributed by atoms with Crippen molar-refractivity contribution in [2.75, 3.05) is 19.8 Å². The largest absolute Gasteiger partial charge is 0.486 e. The predicted molar refractivity (Wildman–Crippen MR) is 76.3 cm³/mol. The van der Waals surface area contributed by atoms with Crippen molar-refractivity contribution in [3.8, 4) is 11.5 Å². The fourth-order valence-electron chi connectivity index (χ4n) is 3.09. The van der Waals surface area contributed by atoms with Crippen LogP contribution in [0.15, 0.2) is 18.2 Å². The van der Waals surface area contributed by atoms with Crippen LogP contribution in [0.3, 0.4) is 0 Å². The molecule has 0 bridgehead atoms. The van der Waals surface area contributed by atoms with E-state index in [9.17, 15) is 4.79 Å². The molecule has 0 aromatic heterocycles. The number of Topliss-reactive ketones (excluding diaryl/α,β-unsaturated/α-hetero) is 1. The van der Waals surface area contributed by atoms with E-state index in [1.807, 2.05) is 18.2 Å². The fraction of sp³-hybridized carbons (Fsp3) is 0.562. The maximum Gasteiger partial charge on any atom is 0.166 e. The number of rotatable bonds is 3. The molecule has 4 nitrogen and oxygen atoms in total. The molecule has 1 saturated carbocycles. The Balaban J connectivity index is 1.71. The van der Waals surface area contributed by atoms with Crippen molar-refractivity contribution in [3.05, 3.63) is 23.8 Å². The molecule has 108 valence electrons. The van der Waals surface area contributed by atoms with Crippen LogP contribution >= 0.6 is 0 Å². The molecule has 0 unspecified atom stereocenters. The van der Waals surface area contributed by atoms with Crippen molar-refractivity contribution < 1.29 is 14.3 Å². The molecular weight excluding hydrogens is 254 g/mol. The zero-order chi connectivity index (χ0) is 13.9. The maximum absolute atomic E-state index is 12.6. The molecule has 0 spiro atoms. The first kappa shape index (κ1) is 13.4. The Kier molecular flexibility index (Phi) is 3.92. The quantitative estimate of drug-likeness (QED) is 0.860. The molecule has 2 aliphatic rings. The number of benzene rings is 1. The molecule has 1 fully saturated rings. The first-order valence-electron chi connectivity index (χ1n) is 7.42. The van der Waals surface area contributed by atoms with Crippen LogP contribution in [0.1, 0.15) is 36.0 Å². The summed E-state index contributed by atoms with van der Waals surface area (Å²) in [6, 6.07) is 5.52. The zero-order valence-corrected chi connectivity index (χ0v) is 11.6. The van der Waals surface area contributed by atoms with Crippen molar-refractivity contribution in [3.63, 3.8) is 0 Å². The van der Waals surface area contributed by atoms with Crippen molar-refractivity contribution >= 4 is 5.78 Å². The van der Waals surface area contributed by atoms with Gasteiger partial charge in [0.2, 0.25) is 0 Å². The second kappa shape index (κ2) is 5.83. The lowest BCUT2D eigenvalue weighted by Crippen LogP contribution is -2.26. The minimum Gasteiger partial charge on any atom is -0.486 e. The third-order valence-corrected chi connectivity index (χ3v) is 4.38. The van der Waals surface area contributed by atoms with E-state index < -0.39 is 0 Å². The van der Waals surface area contributed by atoms with Gasteiger partial charge in [0, 0.05) is 11.5 Å². The Morgan fingerprint density at radius 3 is 2.50 bits per heavy atom. The van der Waals surface area contributed by atoms with Gasteiger partial charge in [0.25, 0.3) is 0 Å². The first-order chi connectivity index (χ1) is 9.78. The fourth-order valence-corrected chi connectivity index (χ4v) is 3.09. The number of carbonyl (C=O) groups is 1. The van der Waals surface area contributed by atoms with Crippen LogP contribution in [0.4, 0.5) is 0 Å². The second-order valence-corrected chi connectivity index (χ2v) is 5.68. The van der Waals surface area contributed by atoms with E-state index in [4.69, 9.17) is 15.2 Å². The van der Waals surface area contributed by atoms with Crippen LogP contribution in [0.2, 0.25) is 0 Å². The maximum atomic E-state index is 12.6. The van der Waals surface area contributed by atoms with Crippen LogP contribution in [0.25, 0.3) is 0 Å². The summed E-state index contributed by atoms with van der Waals surface area (Å²) in [7, 11) is 0. The van der Waals surface area contributed by atoms with E-state index >= 15 is 0 Å². The molecule has 1 aromatic rings. The summed E-state index contributed by atoms with van der Waals surface area (Å²) >= 11 is 0. The van der Waals surface area contributed by atoms with Gasteiger partial charge in [-0.2, -0.15) is 0 Å². The van der Waals surface area contributed by atoms with Gasteiger partial charge >= 0.3 is 0 Å². The molecule has 3 rings (SSSR count). The van der Waals surface area contributed by atoms with Gasteiger partial charge in [0.15, 0.2) is 17.3 Å². The summed E-state index contributed by atoms with van der Waals surface area (Å²) in [5, 5.41) is 0. The molecule has 0 radical (unpaired) electrons. The van der Waals surface area contributed by atoms with Crippen LogP contribution < -0.4 is 15.2 Å². The molecule has 0 saturated heterocycles.